The Hall–Kier alpha value is -1.33. The number of halogens is 3. The highest BCUT2D eigenvalue weighted by Crippen LogP contribution is 2.67. The van der Waals surface area contributed by atoms with Crippen LogP contribution >= 0.6 is 0 Å². The van der Waals surface area contributed by atoms with Crippen LogP contribution in [0.15, 0.2) is 23.4 Å². The van der Waals surface area contributed by atoms with Crippen LogP contribution in [0.2, 0.25) is 0 Å². The normalized spacial score (nSPS) is 37.1. The van der Waals surface area contributed by atoms with Gasteiger partial charge in [0.05, 0.1) is 11.2 Å². The summed E-state index contributed by atoms with van der Waals surface area (Å²) in [6.07, 6.45) is 11.1. The Morgan fingerprint density at radius 3 is 1.73 bits per heavy atom. The molecule has 7 rings (SSSR count). The molecule has 6 aliphatic carbocycles. The van der Waals surface area contributed by atoms with Gasteiger partial charge in [-0.25, -0.2) is 0 Å². The van der Waals surface area contributed by atoms with Crippen LogP contribution in [0.3, 0.4) is 0 Å². The quantitative estimate of drug-likeness (QED) is 0.172. The highest BCUT2D eigenvalue weighted by atomic mass is 32.2. The maximum Gasteiger partial charge on any atom is 0.534 e. The molecule has 6 unspecified atom stereocenters. The van der Waals surface area contributed by atoms with Gasteiger partial charge in [0.25, 0.3) is 0 Å². The van der Waals surface area contributed by atoms with E-state index < -0.39 is 15.6 Å². The highest BCUT2D eigenvalue weighted by molar-refractivity contribution is 7.87. The zero-order valence-corrected chi connectivity index (χ0v) is 29.5. The van der Waals surface area contributed by atoms with Gasteiger partial charge in [-0.3, -0.25) is 4.79 Å². The largest absolute Gasteiger partial charge is 0.534 e. The molecule has 5 fully saturated rings. The van der Waals surface area contributed by atoms with Crippen molar-refractivity contribution in [1.82, 2.24) is 0 Å². The lowest BCUT2D eigenvalue weighted by Crippen LogP contribution is -2.41. The fraction of sp³-hybridized carbons (Fsp3) is 0.853. The Balaban J connectivity index is 0.000000139. The van der Waals surface area contributed by atoms with Crippen molar-refractivity contribution in [3.8, 4) is 0 Å². The van der Waals surface area contributed by atoms with E-state index in [1.165, 1.54) is 30.8 Å². The zero-order chi connectivity index (χ0) is 33.8. The van der Waals surface area contributed by atoms with Gasteiger partial charge in [-0.2, -0.15) is 21.6 Å². The van der Waals surface area contributed by atoms with Gasteiger partial charge in [0.1, 0.15) is 11.5 Å². The molecule has 254 valence electrons. The number of Topliss-reactive ketones (excluding diaryl/α,β-unsaturated/α-hetero) is 1. The average molecular weight is 657 g/mol. The fourth-order valence-corrected chi connectivity index (χ4v) is 9.46. The molecule has 0 aromatic heterocycles. The average Bonchev–Trinajstić information content (AvgIpc) is 3.78. The summed E-state index contributed by atoms with van der Waals surface area (Å²) in [5, 5.41) is 0. The van der Waals surface area contributed by atoms with Crippen molar-refractivity contribution in [1.29, 1.82) is 0 Å². The minimum atomic E-state index is -5.52. The summed E-state index contributed by atoms with van der Waals surface area (Å²) in [5.74, 6) is 3.23. The van der Waals surface area contributed by atoms with E-state index in [4.69, 9.17) is 9.31 Å². The summed E-state index contributed by atoms with van der Waals surface area (Å²) < 4.78 is 75.0. The van der Waals surface area contributed by atoms with Gasteiger partial charge >= 0.3 is 22.7 Å². The smallest absolute Gasteiger partial charge is 0.400 e. The van der Waals surface area contributed by atoms with E-state index in [1.807, 2.05) is 13.8 Å². The summed E-state index contributed by atoms with van der Waals surface area (Å²) in [7, 11) is -5.64. The standard InChI is InChI=1S/C15H25BO2.C10H13F3O3S.C9H14O/c1-13(2)10-8-7-9-11(12(10)13)16-17-14(3,4)15(5,6)18-16;1-9(2)6-4-3-5-7(8(6)9)16-17(14,15)10(11,12)13;1-9(2)6-4-3-5-7(10)8(6)9/h9-10,12H,7-8H2,1-6H3;5-6,8H,3-4H2,1-2H3;6,8H,3-5H2,1-2H3. The lowest BCUT2D eigenvalue weighted by Gasteiger charge is -2.32. The molecule has 6 atom stereocenters. The van der Waals surface area contributed by atoms with Gasteiger partial charge < -0.3 is 13.5 Å². The Labute approximate surface area is 268 Å². The molecular weight excluding hydrogens is 604 g/mol. The number of alkyl halides is 3. The minimum absolute atomic E-state index is 0.0384. The first-order chi connectivity index (χ1) is 20.4. The van der Waals surface area contributed by atoms with Crippen molar-refractivity contribution >= 4 is 23.0 Å². The van der Waals surface area contributed by atoms with Crippen LogP contribution in [0.5, 0.6) is 0 Å². The number of allylic oxidation sites excluding steroid dienone is 4. The van der Waals surface area contributed by atoms with Crippen molar-refractivity contribution in [2.24, 2.45) is 51.8 Å². The lowest BCUT2D eigenvalue weighted by atomic mass is 9.71. The van der Waals surface area contributed by atoms with E-state index >= 15 is 0 Å². The highest BCUT2D eigenvalue weighted by Gasteiger charge is 2.65. The van der Waals surface area contributed by atoms with Gasteiger partial charge in [0, 0.05) is 18.3 Å². The first-order valence-electron chi connectivity index (χ1n) is 16.7. The summed E-state index contributed by atoms with van der Waals surface area (Å²) in [6.45, 7) is 21.6. The van der Waals surface area contributed by atoms with Crippen molar-refractivity contribution < 1.29 is 39.9 Å². The second kappa shape index (κ2) is 10.8. The molecule has 6 nitrogen and oxygen atoms in total. The molecule has 0 bridgehead atoms. The molecule has 4 saturated carbocycles. The Bertz CT molecular complexity index is 1360. The number of carbonyl (C=O) groups excluding carboxylic acids is 1. The summed E-state index contributed by atoms with van der Waals surface area (Å²) in [5.41, 5.74) is -3.73. The number of ketones is 1. The van der Waals surface area contributed by atoms with Crippen LogP contribution in [0.1, 0.15) is 114 Å². The van der Waals surface area contributed by atoms with E-state index in [2.05, 4.69) is 65.6 Å². The molecule has 45 heavy (non-hydrogen) atoms. The van der Waals surface area contributed by atoms with Crippen LogP contribution in [0.25, 0.3) is 0 Å². The number of rotatable bonds is 3. The van der Waals surface area contributed by atoms with E-state index in [1.54, 1.807) is 0 Å². The number of fused-ring (bicyclic) bond motifs is 3. The SMILES string of the molecule is CC1(C)C2CCC=C(B3OC(C)(C)C(C)(C)O3)C21.CC1(C)C2CCC=C(OS(=O)(=O)C(F)(F)F)C21.CC1(C)C2CCCC(=O)C21. The zero-order valence-electron chi connectivity index (χ0n) is 28.6. The Morgan fingerprint density at radius 1 is 0.756 bits per heavy atom. The number of carbonyl (C=O) groups is 1. The third-order valence-corrected chi connectivity index (χ3v) is 13.8. The minimum Gasteiger partial charge on any atom is -0.400 e. The van der Waals surface area contributed by atoms with Gasteiger partial charge in [-0.05, 0) is 118 Å². The number of hydrogen-bond acceptors (Lipinski definition) is 6. The molecule has 11 heteroatoms. The van der Waals surface area contributed by atoms with Crippen LogP contribution < -0.4 is 0 Å². The van der Waals surface area contributed by atoms with E-state index in [-0.39, 0.29) is 41.3 Å². The first-order valence-corrected chi connectivity index (χ1v) is 18.1. The van der Waals surface area contributed by atoms with Crippen molar-refractivity contribution in [2.75, 3.05) is 0 Å². The molecule has 0 radical (unpaired) electrons. The Kier molecular flexibility index (Phi) is 8.43. The fourth-order valence-electron chi connectivity index (χ4n) is 8.94. The van der Waals surface area contributed by atoms with Crippen LogP contribution in [0, 0.1) is 51.8 Å². The summed E-state index contributed by atoms with van der Waals surface area (Å²) >= 11 is 0. The molecule has 1 heterocycles. The molecule has 1 saturated heterocycles. The van der Waals surface area contributed by atoms with Gasteiger partial charge in [0.15, 0.2) is 0 Å². The molecular formula is C34H52BF3O6S. The lowest BCUT2D eigenvalue weighted by molar-refractivity contribution is -0.122. The molecule has 0 aromatic rings. The second-order valence-electron chi connectivity index (χ2n) is 17.1. The van der Waals surface area contributed by atoms with Gasteiger partial charge in [-0.1, -0.05) is 47.6 Å². The summed E-state index contributed by atoms with van der Waals surface area (Å²) in [4.78, 5) is 11.3. The molecule has 0 amide bonds. The van der Waals surface area contributed by atoms with Crippen molar-refractivity contribution in [2.45, 2.75) is 131 Å². The van der Waals surface area contributed by atoms with Crippen LogP contribution in [0.4, 0.5) is 13.2 Å². The molecule has 7 aliphatic rings. The topological polar surface area (TPSA) is 78.9 Å². The predicted molar refractivity (Wildman–Crippen MR) is 168 cm³/mol. The Morgan fingerprint density at radius 2 is 1.22 bits per heavy atom. The third kappa shape index (κ3) is 6.09. The van der Waals surface area contributed by atoms with E-state index in [0.717, 1.165) is 31.1 Å². The van der Waals surface area contributed by atoms with Crippen LogP contribution in [-0.2, 0) is 28.4 Å². The first kappa shape index (κ1) is 35.0. The van der Waals surface area contributed by atoms with Crippen molar-refractivity contribution in [3.05, 3.63) is 23.4 Å². The second-order valence-corrected chi connectivity index (χ2v) is 18.6. The molecule has 0 aromatic carbocycles. The van der Waals surface area contributed by atoms with Crippen LogP contribution in [-0.4, -0.2) is 38.0 Å². The summed E-state index contributed by atoms with van der Waals surface area (Å²) in [6, 6.07) is 0. The predicted octanol–water partition coefficient (Wildman–Crippen LogP) is 8.42. The van der Waals surface area contributed by atoms with E-state index in [9.17, 15) is 26.4 Å². The maximum absolute atomic E-state index is 12.2. The molecule has 0 N–H and O–H groups in total. The van der Waals surface area contributed by atoms with Gasteiger partial charge in [-0.15, -0.1) is 0 Å². The van der Waals surface area contributed by atoms with E-state index in [0.29, 0.717) is 34.9 Å². The monoisotopic (exact) mass is 656 g/mol. The maximum atomic E-state index is 12.2. The number of hydrogen-bond donors (Lipinski definition) is 0. The van der Waals surface area contributed by atoms with Crippen molar-refractivity contribution in [3.63, 3.8) is 0 Å². The van der Waals surface area contributed by atoms with Gasteiger partial charge in [0.2, 0.25) is 0 Å². The third-order valence-electron chi connectivity index (χ3n) is 12.8. The molecule has 0 spiro atoms. The molecule has 1 aliphatic heterocycles.